The third-order valence-electron chi connectivity index (χ3n) is 3.06. The monoisotopic (exact) mass is 439 g/mol. The normalized spacial score (nSPS) is 10.1. The molecule has 0 saturated heterocycles. The number of halogens is 3. The van der Waals surface area contributed by atoms with Crippen molar-refractivity contribution >= 4 is 50.0 Å². The highest BCUT2D eigenvalue weighted by atomic mass is 79.9. The molecule has 3 rings (SSSR count). The average molecular weight is 442 g/mol. The number of nitrogen functional groups attached to an aromatic ring is 1. The molecule has 2 heterocycles. The Morgan fingerprint density at radius 1 is 0.864 bits per heavy atom. The maximum absolute atomic E-state index is 5.77. The van der Waals surface area contributed by atoms with E-state index in [0.29, 0.717) is 0 Å². The molecule has 0 aliphatic heterocycles. The van der Waals surface area contributed by atoms with Gasteiger partial charge in [-0.15, -0.1) is 12.4 Å². The second-order valence-electron chi connectivity index (χ2n) is 4.50. The molecule has 22 heavy (non-hydrogen) atoms. The lowest BCUT2D eigenvalue weighted by Gasteiger charge is -2.11. The highest BCUT2D eigenvalue weighted by Crippen LogP contribution is 2.36. The molecule has 3 aromatic rings. The van der Waals surface area contributed by atoms with Crippen LogP contribution in [0.2, 0.25) is 0 Å². The minimum atomic E-state index is 0. The Hall–Kier alpha value is -1.43. The number of aromatic nitrogens is 2. The molecule has 0 bridgehead atoms. The predicted molar refractivity (Wildman–Crippen MR) is 100.0 cm³/mol. The summed E-state index contributed by atoms with van der Waals surface area (Å²) in [6.45, 7) is 0. The van der Waals surface area contributed by atoms with Gasteiger partial charge >= 0.3 is 0 Å². The van der Waals surface area contributed by atoms with E-state index in [1.165, 1.54) is 0 Å². The van der Waals surface area contributed by atoms with E-state index in [1.807, 2.05) is 42.5 Å². The summed E-state index contributed by atoms with van der Waals surface area (Å²) >= 11 is 7.08. The lowest BCUT2D eigenvalue weighted by molar-refractivity contribution is 1.24. The van der Waals surface area contributed by atoms with Gasteiger partial charge in [0.2, 0.25) is 0 Å². The smallest absolute Gasteiger partial charge is 0.0976 e. The molecule has 6 heteroatoms. The highest BCUT2D eigenvalue weighted by molar-refractivity contribution is 9.10. The van der Waals surface area contributed by atoms with E-state index in [-0.39, 0.29) is 12.4 Å². The summed E-state index contributed by atoms with van der Waals surface area (Å²) in [6.07, 6.45) is 3.53. The van der Waals surface area contributed by atoms with Crippen LogP contribution in [0, 0.1) is 0 Å². The van der Waals surface area contributed by atoms with Crippen LogP contribution < -0.4 is 5.73 Å². The van der Waals surface area contributed by atoms with Gasteiger partial charge in [-0.1, -0.05) is 44.0 Å². The number of rotatable bonds is 2. The first-order valence-electron chi connectivity index (χ1n) is 6.27. The molecule has 0 radical (unpaired) electrons. The fraction of sp³-hybridized carbons (Fsp3) is 0. The summed E-state index contributed by atoms with van der Waals surface area (Å²) in [7, 11) is 0. The minimum absolute atomic E-state index is 0. The Morgan fingerprint density at radius 3 is 2.23 bits per heavy atom. The zero-order valence-corrected chi connectivity index (χ0v) is 15.3. The van der Waals surface area contributed by atoms with Crippen molar-refractivity contribution in [1.82, 2.24) is 9.97 Å². The maximum atomic E-state index is 5.77. The number of anilines is 1. The van der Waals surface area contributed by atoms with E-state index >= 15 is 0 Å². The van der Waals surface area contributed by atoms with Crippen molar-refractivity contribution in [3.05, 3.63) is 63.8 Å². The molecule has 1 aromatic carbocycles. The summed E-state index contributed by atoms with van der Waals surface area (Å²) in [5.41, 5.74) is 10.2. The summed E-state index contributed by atoms with van der Waals surface area (Å²) < 4.78 is 1.94. The van der Waals surface area contributed by atoms with E-state index in [9.17, 15) is 0 Å². The minimum Gasteiger partial charge on any atom is -0.399 e. The second-order valence-corrected chi connectivity index (χ2v) is 6.27. The van der Waals surface area contributed by atoms with Gasteiger partial charge in [-0.25, -0.2) is 0 Å². The molecule has 2 aromatic heterocycles. The van der Waals surface area contributed by atoms with Crippen molar-refractivity contribution in [3.8, 4) is 22.5 Å². The lowest BCUT2D eigenvalue weighted by Crippen LogP contribution is -1.93. The summed E-state index contributed by atoms with van der Waals surface area (Å²) in [4.78, 5) is 8.92. The Morgan fingerprint density at radius 2 is 1.55 bits per heavy atom. The Kier molecular flexibility index (Phi) is 5.56. The van der Waals surface area contributed by atoms with Gasteiger partial charge < -0.3 is 5.73 Å². The third-order valence-corrected chi connectivity index (χ3v) is 4.22. The van der Waals surface area contributed by atoms with Crippen molar-refractivity contribution in [3.63, 3.8) is 0 Å². The molecule has 0 spiro atoms. The highest BCUT2D eigenvalue weighted by Gasteiger charge is 2.13. The number of hydrogen-bond donors (Lipinski definition) is 1. The second kappa shape index (κ2) is 7.22. The van der Waals surface area contributed by atoms with Crippen LogP contribution >= 0.6 is 44.3 Å². The number of nitrogens with two attached hydrogens (primary N) is 1. The van der Waals surface area contributed by atoms with Crippen molar-refractivity contribution in [2.24, 2.45) is 0 Å². The summed E-state index contributed by atoms with van der Waals surface area (Å²) in [5.74, 6) is 0. The third kappa shape index (κ3) is 3.48. The predicted octanol–water partition coefficient (Wildman–Crippen LogP) is 5.34. The molecule has 0 fully saturated rings. The Labute approximate surface area is 151 Å². The lowest BCUT2D eigenvalue weighted by atomic mass is 10.0. The van der Waals surface area contributed by atoms with Crippen LogP contribution in [0.5, 0.6) is 0 Å². The van der Waals surface area contributed by atoms with Gasteiger partial charge in [-0.05, 0) is 35.9 Å². The van der Waals surface area contributed by atoms with Crippen LogP contribution in [0.15, 0.2) is 63.8 Å². The molecule has 0 atom stereocenters. The number of hydrogen-bond acceptors (Lipinski definition) is 3. The molecule has 3 nitrogen and oxygen atoms in total. The van der Waals surface area contributed by atoms with Gasteiger partial charge in [0.05, 0.1) is 11.4 Å². The largest absolute Gasteiger partial charge is 0.399 e. The van der Waals surface area contributed by atoms with Crippen molar-refractivity contribution in [2.45, 2.75) is 0 Å². The molecule has 112 valence electrons. The van der Waals surface area contributed by atoms with Gasteiger partial charge in [0, 0.05) is 32.6 Å². The molecular weight excluding hydrogens is 429 g/mol. The maximum Gasteiger partial charge on any atom is 0.0976 e. The summed E-state index contributed by atoms with van der Waals surface area (Å²) in [6, 6.07) is 13.5. The summed E-state index contributed by atoms with van der Waals surface area (Å²) in [5, 5.41) is 0. The SMILES string of the molecule is Cl.Nc1ccc(-c2c(Br)ccnc2-c2cc(Br)ccn2)cc1. The van der Waals surface area contributed by atoms with E-state index in [1.54, 1.807) is 12.4 Å². The van der Waals surface area contributed by atoms with Crippen LogP contribution in [-0.2, 0) is 0 Å². The first kappa shape index (κ1) is 16.9. The van der Waals surface area contributed by atoms with Crippen molar-refractivity contribution < 1.29 is 0 Å². The molecule has 2 N–H and O–H groups in total. The standard InChI is InChI=1S/C16H11Br2N3.ClH/c17-11-5-7-20-14(9-11)16-15(13(18)6-8-21-16)10-1-3-12(19)4-2-10;/h1-9H,19H2;1H. The molecule has 0 aliphatic rings. The molecule has 0 aliphatic carbocycles. The zero-order valence-electron chi connectivity index (χ0n) is 11.3. The first-order chi connectivity index (χ1) is 10.1. The van der Waals surface area contributed by atoms with Crippen LogP contribution in [-0.4, -0.2) is 9.97 Å². The molecule has 0 unspecified atom stereocenters. The molecule has 0 saturated carbocycles. The average Bonchev–Trinajstić information content (AvgIpc) is 2.48. The van der Waals surface area contributed by atoms with Crippen LogP contribution in [0.3, 0.4) is 0 Å². The van der Waals surface area contributed by atoms with Gasteiger partial charge in [0.1, 0.15) is 0 Å². The quantitative estimate of drug-likeness (QED) is 0.546. The zero-order chi connectivity index (χ0) is 14.8. The number of benzene rings is 1. The molecule has 0 amide bonds. The van der Waals surface area contributed by atoms with Crippen LogP contribution in [0.25, 0.3) is 22.5 Å². The molecular formula is C16H12Br2ClN3. The Bertz CT molecular complexity index is 792. The van der Waals surface area contributed by atoms with E-state index in [4.69, 9.17) is 5.73 Å². The van der Waals surface area contributed by atoms with Crippen LogP contribution in [0.1, 0.15) is 0 Å². The van der Waals surface area contributed by atoms with Gasteiger partial charge in [0.25, 0.3) is 0 Å². The van der Waals surface area contributed by atoms with Gasteiger partial charge in [-0.2, -0.15) is 0 Å². The van der Waals surface area contributed by atoms with Gasteiger partial charge in [-0.3, -0.25) is 9.97 Å². The van der Waals surface area contributed by atoms with E-state index in [0.717, 1.165) is 37.1 Å². The topological polar surface area (TPSA) is 51.8 Å². The fourth-order valence-electron chi connectivity index (χ4n) is 2.09. The van der Waals surface area contributed by atoms with E-state index < -0.39 is 0 Å². The number of pyridine rings is 2. The van der Waals surface area contributed by atoms with Gasteiger partial charge in [0.15, 0.2) is 0 Å². The van der Waals surface area contributed by atoms with Crippen molar-refractivity contribution in [1.29, 1.82) is 0 Å². The van der Waals surface area contributed by atoms with E-state index in [2.05, 4.69) is 41.8 Å². The Balaban J connectivity index is 0.00000176. The fourth-order valence-corrected chi connectivity index (χ4v) is 2.96. The van der Waals surface area contributed by atoms with Crippen LogP contribution in [0.4, 0.5) is 5.69 Å². The number of nitrogens with zero attached hydrogens (tertiary/aromatic N) is 2. The van der Waals surface area contributed by atoms with Crippen molar-refractivity contribution in [2.75, 3.05) is 5.73 Å². The first-order valence-corrected chi connectivity index (χ1v) is 7.86.